The fourth-order valence-corrected chi connectivity index (χ4v) is 3.76. The lowest BCUT2D eigenvalue weighted by Crippen LogP contribution is -2.45. The highest BCUT2D eigenvalue weighted by Crippen LogP contribution is 2.24. The van der Waals surface area contributed by atoms with Gasteiger partial charge in [0.15, 0.2) is 0 Å². The number of ether oxygens (including phenoxy) is 1. The van der Waals surface area contributed by atoms with Gasteiger partial charge in [0, 0.05) is 23.5 Å². The molecule has 1 saturated heterocycles. The maximum absolute atomic E-state index is 12.8. The van der Waals surface area contributed by atoms with Gasteiger partial charge >= 0.3 is 5.97 Å². The molecule has 1 fully saturated rings. The molecule has 25 heavy (non-hydrogen) atoms. The van der Waals surface area contributed by atoms with Gasteiger partial charge in [0.05, 0.1) is 5.92 Å². The van der Waals surface area contributed by atoms with Crippen LogP contribution in [0.4, 0.5) is 0 Å². The van der Waals surface area contributed by atoms with Crippen LogP contribution < -0.4 is 4.74 Å². The van der Waals surface area contributed by atoms with Gasteiger partial charge < -0.3 is 14.7 Å². The Bertz CT molecular complexity index is 744. The number of piperidine rings is 1. The number of benzene rings is 1. The Morgan fingerprint density at radius 1 is 1.28 bits per heavy atom. The maximum atomic E-state index is 12.8. The number of amides is 1. The second-order valence-electron chi connectivity index (χ2n) is 6.48. The summed E-state index contributed by atoms with van der Waals surface area (Å²) in [6.07, 6.45) is 0.614. The van der Waals surface area contributed by atoms with Crippen LogP contribution >= 0.6 is 11.3 Å². The standard InChI is InChI=1S/C19H21NO4S/c1-13-8-15(19(22)23)11-20(10-13)18(21)14-4-2-5-16(9-14)24-12-17-6-3-7-25-17/h2-7,9,13,15H,8,10-12H2,1H3,(H,22,23). The van der Waals surface area contributed by atoms with Crippen molar-refractivity contribution in [2.45, 2.75) is 20.0 Å². The molecular formula is C19H21NO4S. The topological polar surface area (TPSA) is 66.8 Å². The first-order valence-electron chi connectivity index (χ1n) is 8.30. The monoisotopic (exact) mass is 359 g/mol. The Hall–Kier alpha value is -2.34. The molecule has 0 bridgehead atoms. The van der Waals surface area contributed by atoms with E-state index in [1.165, 1.54) is 0 Å². The van der Waals surface area contributed by atoms with E-state index in [0.717, 1.165) is 4.88 Å². The van der Waals surface area contributed by atoms with Gasteiger partial charge in [0.2, 0.25) is 0 Å². The lowest BCUT2D eigenvalue weighted by Gasteiger charge is -2.34. The number of thiophene rings is 1. The van der Waals surface area contributed by atoms with E-state index in [2.05, 4.69) is 0 Å². The summed E-state index contributed by atoms with van der Waals surface area (Å²) in [5.74, 6) is -0.654. The fourth-order valence-electron chi connectivity index (χ4n) is 3.15. The van der Waals surface area contributed by atoms with Crippen molar-refractivity contribution in [3.8, 4) is 5.75 Å². The minimum Gasteiger partial charge on any atom is -0.488 e. The molecule has 2 aromatic rings. The second kappa shape index (κ2) is 7.70. The van der Waals surface area contributed by atoms with Gasteiger partial charge in [-0.3, -0.25) is 9.59 Å². The predicted octanol–water partition coefficient (Wildman–Crippen LogP) is 3.51. The summed E-state index contributed by atoms with van der Waals surface area (Å²) in [7, 11) is 0. The van der Waals surface area contributed by atoms with Crippen LogP contribution in [0.1, 0.15) is 28.6 Å². The Balaban J connectivity index is 1.69. The van der Waals surface area contributed by atoms with E-state index in [0.29, 0.717) is 30.9 Å². The van der Waals surface area contributed by atoms with Crippen molar-refractivity contribution in [1.29, 1.82) is 0 Å². The highest BCUT2D eigenvalue weighted by Gasteiger charge is 2.32. The van der Waals surface area contributed by atoms with Crippen molar-refractivity contribution in [2.75, 3.05) is 13.1 Å². The van der Waals surface area contributed by atoms with E-state index in [9.17, 15) is 14.7 Å². The van der Waals surface area contributed by atoms with Gasteiger partial charge in [0.1, 0.15) is 12.4 Å². The molecule has 0 radical (unpaired) electrons. The summed E-state index contributed by atoms with van der Waals surface area (Å²) in [5, 5.41) is 11.3. The summed E-state index contributed by atoms with van der Waals surface area (Å²) in [6, 6.07) is 11.1. The van der Waals surface area contributed by atoms with Crippen LogP contribution in [0.15, 0.2) is 41.8 Å². The van der Waals surface area contributed by atoms with Gasteiger partial charge in [-0.15, -0.1) is 11.3 Å². The lowest BCUT2D eigenvalue weighted by atomic mass is 9.90. The van der Waals surface area contributed by atoms with E-state index in [-0.39, 0.29) is 18.4 Å². The number of hydrogen-bond acceptors (Lipinski definition) is 4. The largest absolute Gasteiger partial charge is 0.488 e. The normalized spacial score (nSPS) is 20.3. The Morgan fingerprint density at radius 2 is 2.12 bits per heavy atom. The summed E-state index contributed by atoms with van der Waals surface area (Å²) < 4.78 is 5.75. The molecule has 3 rings (SSSR count). The molecular weight excluding hydrogens is 338 g/mol. The maximum Gasteiger partial charge on any atom is 0.308 e. The summed E-state index contributed by atoms with van der Waals surface area (Å²) in [5.41, 5.74) is 0.530. The van der Waals surface area contributed by atoms with Gasteiger partial charge in [-0.1, -0.05) is 19.1 Å². The Labute approximate surface area is 150 Å². The third kappa shape index (κ3) is 4.39. The smallest absolute Gasteiger partial charge is 0.308 e. The lowest BCUT2D eigenvalue weighted by molar-refractivity contribution is -0.143. The van der Waals surface area contributed by atoms with E-state index in [4.69, 9.17) is 4.74 Å². The number of carbonyl (C=O) groups is 2. The molecule has 0 spiro atoms. The molecule has 1 aliphatic heterocycles. The molecule has 1 aromatic heterocycles. The summed E-state index contributed by atoms with van der Waals surface area (Å²) in [6.45, 7) is 3.30. The van der Waals surface area contributed by atoms with Crippen molar-refractivity contribution >= 4 is 23.2 Å². The molecule has 1 amide bonds. The number of rotatable bonds is 5. The van der Waals surface area contributed by atoms with E-state index in [1.54, 1.807) is 34.4 Å². The van der Waals surface area contributed by atoms with E-state index < -0.39 is 11.9 Å². The minimum absolute atomic E-state index is 0.139. The fraction of sp³-hybridized carbons (Fsp3) is 0.368. The number of carbonyl (C=O) groups excluding carboxylic acids is 1. The predicted molar refractivity (Wildman–Crippen MR) is 95.9 cm³/mol. The molecule has 132 valence electrons. The molecule has 0 saturated carbocycles. The highest BCUT2D eigenvalue weighted by atomic mass is 32.1. The van der Waals surface area contributed by atoms with Gasteiger partial charge in [-0.25, -0.2) is 0 Å². The van der Waals surface area contributed by atoms with Crippen LogP contribution in [0.3, 0.4) is 0 Å². The van der Waals surface area contributed by atoms with Crippen molar-refractivity contribution in [2.24, 2.45) is 11.8 Å². The number of aliphatic carboxylic acids is 1. The van der Waals surface area contributed by atoms with Crippen molar-refractivity contribution < 1.29 is 19.4 Å². The first-order chi connectivity index (χ1) is 12.0. The molecule has 5 nitrogen and oxygen atoms in total. The van der Waals surface area contributed by atoms with Crippen LogP contribution in [0, 0.1) is 11.8 Å². The molecule has 1 aliphatic rings. The molecule has 6 heteroatoms. The van der Waals surface area contributed by atoms with E-state index in [1.807, 2.05) is 30.5 Å². The van der Waals surface area contributed by atoms with Crippen LogP contribution in [0.25, 0.3) is 0 Å². The van der Waals surface area contributed by atoms with Crippen molar-refractivity contribution in [3.63, 3.8) is 0 Å². The zero-order chi connectivity index (χ0) is 17.8. The number of carboxylic acid groups (broad SMARTS) is 1. The average molecular weight is 359 g/mol. The zero-order valence-electron chi connectivity index (χ0n) is 14.1. The van der Waals surface area contributed by atoms with Crippen molar-refractivity contribution in [1.82, 2.24) is 4.90 Å². The first kappa shape index (κ1) is 17.5. The van der Waals surface area contributed by atoms with Crippen LogP contribution in [-0.4, -0.2) is 35.0 Å². The van der Waals surface area contributed by atoms with Gasteiger partial charge in [-0.05, 0) is 42.0 Å². The Kier molecular flexibility index (Phi) is 5.38. The number of carboxylic acids is 1. The number of hydrogen-bond donors (Lipinski definition) is 1. The molecule has 2 heterocycles. The van der Waals surface area contributed by atoms with Gasteiger partial charge in [0.25, 0.3) is 5.91 Å². The zero-order valence-corrected chi connectivity index (χ0v) is 14.9. The van der Waals surface area contributed by atoms with Crippen LogP contribution in [0.5, 0.6) is 5.75 Å². The minimum atomic E-state index is -0.836. The first-order valence-corrected chi connectivity index (χ1v) is 9.18. The van der Waals surface area contributed by atoms with E-state index >= 15 is 0 Å². The summed E-state index contributed by atoms with van der Waals surface area (Å²) >= 11 is 1.62. The molecule has 2 unspecified atom stereocenters. The van der Waals surface area contributed by atoms with Gasteiger partial charge in [-0.2, -0.15) is 0 Å². The highest BCUT2D eigenvalue weighted by molar-refractivity contribution is 7.09. The number of nitrogens with zero attached hydrogens (tertiary/aromatic N) is 1. The average Bonchev–Trinajstić information content (AvgIpc) is 3.12. The quantitative estimate of drug-likeness (QED) is 0.887. The van der Waals surface area contributed by atoms with Crippen LogP contribution in [0.2, 0.25) is 0 Å². The summed E-state index contributed by atoms with van der Waals surface area (Å²) in [4.78, 5) is 26.8. The Morgan fingerprint density at radius 3 is 2.84 bits per heavy atom. The second-order valence-corrected chi connectivity index (χ2v) is 7.51. The molecule has 0 aliphatic carbocycles. The molecule has 2 atom stereocenters. The molecule has 1 N–H and O–H groups in total. The SMILES string of the molecule is CC1CC(C(=O)O)CN(C(=O)c2cccc(OCc3cccs3)c2)C1. The third-order valence-corrected chi connectivity index (χ3v) is 5.19. The van der Waals surface area contributed by atoms with Crippen LogP contribution in [-0.2, 0) is 11.4 Å². The van der Waals surface area contributed by atoms with Crippen molar-refractivity contribution in [3.05, 3.63) is 52.2 Å². The molecule has 1 aromatic carbocycles. The number of likely N-dealkylation sites (tertiary alicyclic amines) is 1. The third-order valence-electron chi connectivity index (χ3n) is 4.34.